The normalized spacial score (nSPS) is 10.4. The highest BCUT2D eigenvalue weighted by Crippen LogP contribution is 2.34. The second kappa shape index (κ2) is 7.16. The van der Waals surface area contributed by atoms with Crippen LogP contribution >= 0.6 is 39.1 Å². The van der Waals surface area contributed by atoms with Crippen LogP contribution in [0.15, 0.2) is 40.9 Å². The molecule has 0 aliphatic rings. The van der Waals surface area contributed by atoms with Crippen LogP contribution in [0.3, 0.4) is 0 Å². The molecular weight excluding hydrogens is 379 g/mol. The standard InChI is InChI=1S/C15H11BrCl2O3/c16-11-6-13(18)14(7-12(11)17)21-8-10-4-2-1-3-9(10)5-15(19)20/h1-4,6-7H,5,8H2,(H,19,20). The lowest BCUT2D eigenvalue weighted by atomic mass is 10.1. The molecule has 1 N–H and O–H groups in total. The lowest BCUT2D eigenvalue weighted by Gasteiger charge is -2.12. The van der Waals surface area contributed by atoms with E-state index < -0.39 is 5.97 Å². The Morgan fingerprint density at radius 3 is 2.48 bits per heavy atom. The Morgan fingerprint density at radius 2 is 1.81 bits per heavy atom. The van der Waals surface area contributed by atoms with Gasteiger partial charge in [-0.1, -0.05) is 47.5 Å². The van der Waals surface area contributed by atoms with Crippen molar-refractivity contribution < 1.29 is 14.6 Å². The minimum Gasteiger partial charge on any atom is -0.487 e. The monoisotopic (exact) mass is 388 g/mol. The molecule has 0 unspecified atom stereocenters. The van der Waals surface area contributed by atoms with Gasteiger partial charge in [-0.3, -0.25) is 4.79 Å². The zero-order chi connectivity index (χ0) is 15.4. The third kappa shape index (κ3) is 4.37. The number of hydrogen-bond acceptors (Lipinski definition) is 2. The highest BCUT2D eigenvalue weighted by molar-refractivity contribution is 9.10. The van der Waals surface area contributed by atoms with Crippen LogP contribution in [0, 0.1) is 0 Å². The van der Waals surface area contributed by atoms with Crippen molar-refractivity contribution in [3.8, 4) is 5.75 Å². The molecular formula is C15H11BrCl2O3. The zero-order valence-corrected chi connectivity index (χ0v) is 13.9. The molecule has 3 nitrogen and oxygen atoms in total. The van der Waals surface area contributed by atoms with E-state index in [1.807, 2.05) is 12.1 Å². The molecule has 0 aromatic heterocycles. The van der Waals surface area contributed by atoms with Crippen LogP contribution in [0.2, 0.25) is 10.0 Å². The predicted molar refractivity (Wildman–Crippen MR) is 86.3 cm³/mol. The van der Waals surface area contributed by atoms with E-state index in [0.29, 0.717) is 25.8 Å². The molecule has 0 bridgehead atoms. The zero-order valence-electron chi connectivity index (χ0n) is 10.8. The summed E-state index contributed by atoms with van der Waals surface area (Å²) in [5.74, 6) is -0.429. The average molecular weight is 390 g/mol. The number of carboxylic acids is 1. The smallest absolute Gasteiger partial charge is 0.307 e. The van der Waals surface area contributed by atoms with Gasteiger partial charge in [-0.25, -0.2) is 0 Å². The highest BCUT2D eigenvalue weighted by Gasteiger charge is 2.10. The Morgan fingerprint density at radius 1 is 1.14 bits per heavy atom. The second-order valence-electron chi connectivity index (χ2n) is 4.32. The molecule has 110 valence electrons. The van der Waals surface area contributed by atoms with E-state index in [0.717, 1.165) is 5.56 Å². The van der Waals surface area contributed by atoms with E-state index in [1.165, 1.54) is 0 Å². The molecule has 0 aliphatic heterocycles. The van der Waals surface area contributed by atoms with Crippen molar-refractivity contribution in [2.24, 2.45) is 0 Å². The first kappa shape index (κ1) is 16.1. The van der Waals surface area contributed by atoms with E-state index in [1.54, 1.807) is 24.3 Å². The number of ether oxygens (including phenoxy) is 1. The number of halogens is 3. The molecule has 0 spiro atoms. The van der Waals surface area contributed by atoms with E-state index in [2.05, 4.69) is 15.9 Å². The molecule has 0 atom stereocenters. The Kier molecular flexibility index (Phi) is 5.51. The molecule has 0 radical (unpaired) electrons. The molecule has 2 rings (SSSR count). The first-order chi connectivity index (χ1) is 9.97. The number of carbonyl (C=O) groups is 1. The molecule has 0 saturated heterocycles. The maximum atomic E-state index is 10.8. The largest absolute Gasteiger partial charge is 0.487 e. The van der Waals surface area contributed by atoms with Gasteiger partial charge in [0.25, 0.3) is 0 Å². The van der Waals surface area contributed by atoms with Gasteiger partial charge in [0.15, 0.2) is 0 Å². The number of rotatable bonds is 5. The van der Waals surface area contributed by atoms with Crippen LogP contribution in [-0.2, 0) is 17.8 Å². The van der Waals surface area contributed by atoms with Crippen LogP contribution < -0.4 is 4.74 Å². The minimum absolute atomic E-state index is 0.0473. The summed E-state index contributed by atoms with van der Waals surface area (Å²) in [4.78, 5) is 10.8. The van der Waals surface area contributed by atoms with Crippen molar-refractivity contribution in [1.82, 2.24) is 0 Å². The fraction of sp³-hybridized carbons (Fsp3) is 0.133. The highest BCUT2D eigenvalue weighted by atomic mass is 79.9. The van der Waals surface area contributed by atoms with Crippen LogP contribution in [0.4, 0.5) is 0 Å². The van der Waals surface area contributed by atoms with Crippen molar-refractivity contribution in [1.29, 1.82) is 0 Å². The molecule has 0 fully saturated rings. The Hall–Kier alpha value is -1.23. The summed E-state index contributed by atoms with van der Waals surface area (Å²) in [5.41, 5.74) is 1.51. The topological polar surface area (TPSA) is 46.5 Å². The van der Waals surface area contributed by atoms with Crippen molar-refractivity contribution in [3.63, 3.8) is 0 Å². The molecule has 2 aromatic rings. The number of benzene rings is 2. The fourth-order valence-corrected chi connectivity index (χ4v) is 2.65. The van der Waals surface area contributed by atoms with Crippen molar-refractivity contribution in [2.45, 2.75) is 13.0 Å². The first-order valence-corrected chi connectivity index (χ1v) is 7.58. The van der Waals surface area contributed by atoms with E-state index in [4.69, 9.17) is 33.0 Å². The number of aliphatic carboxylic acids is 1. The van der Waals surface area contributed by atoms with Gasteiger partial charge in [-0.15, -0.1) is 0 Å². The SMILES string of the molecule is O=C(O)Cc1ccccc1COc1cc(Cl)c(Br)cc1Cl. The lowest BCUT2D eigenvalue weighted by molar-refractivity contribution is -0.136. The van der Waals surface area contributed by atoms with E-state index in [-0.39, 0.29) is 13.0 Å². The Labute approximate surface area is 140 Å². The van der Waals surface area contributed by atoms with E-state index in [9.17, 15) is 4.79 Å². The van der Waals surface area contributed by atoms with Crippen LogP contribution in [0.1, 0.15) is 11.1 Å². The summed E-state index contributed by atoms with van der Waals surface area (Å²) in [6, 6.07) is 10.5. The van der Waals surface area contributed by atoms with Crippen LogP contribution in [0.5, 0.6) is 5.75 Å². The van der Waals surface area contributed by atoms with E-state index >= 15 is 0 Å². The van der Waals surface area contributed by atoms with Crippen LogP contribution in [-0.4, -0.2) is 11.1 Å². The number of hydrogen-bond donors (Lipinski definition) is 1. The summed E-state index contributed by atoms with van der Waals surface area (Å²) in [5, 5.41) is 9.83. The van der Waals surface area contributed by atoms with Crippen molar-refractivity contribution >= 4 is 45.1 Å². The predicted octanol–water partition coefficient (Wildman–Crippen LogP) is 4.96. The summed E-state index contributed by atoms with van der Waals surface area (Å²) >= 11 is 15.4. The van der Waals surface area contributed by atoms with Gasteiger partial charge in [-0.05, 0) is 33.1 Å². The van der Waals surface area contributed by atoms with Gasteiger partial charge in [0, 0.05) is 10.5 Å². The number of carboxylic acid groups (broad SMARTS) is 1. The molecule has 0 amide bonds. The van der Waals surface area contributed by atoms with Crippen molar-refractivity contribution in [2.75, 3.05) is 0 Å². The second-order valence-corrected chi connectivity index (χ2v) is 5.99. The molecule has 21 heavy (non-hydrogen) atoms. The quantitative estimate of drug-likeness (QED) is 0.735. The van der Waals surface area contributed by atoms with Gasteiger partial charge < -0.3 is 9.84 Å². The van der Waals surface area contributed by atoms with Gasteiger partial charge in [-0.2, -0.15) is 0 Å². The van der Waals surface area contributed by atoms with Crippen LogP contribution in [0.25, 0.3) is 0 Å². The average Bonchev–Trinajstić information content (AvgIpc) is 2.42. The molecule has 6 heteroatoms. The van der Waals surface area contributed by atoms with Crippen molar-refractivity contribution in [3.05, 3.63) is 62.0 Å². The summed E-state index contributed by atoms with van der Waals surface area (Å²) in [6.45, 7) is 0.223. The molecule has 0 aliphatic carbocycles. The minimum atomic E-state index is -0.882. The summed E-state index contributed by atoms with van der Waals surface area (Å²) in [6.07, 6.45) is -0.0473. The fourth-order valence-electron chi connectivity index (χ4n) is 1.80. The van der Waals surface area contributed by atoms with Gasteiger partial charge in [0.2, 0.25) is 0 Å². The molecule has 0 heterocycles. The third-order valence-corrected chi connectivity index (χ3v) is 4.31. The Bertz CT molecular complexity index is 674. The molecule has 0 saturated carbocycles. The van der Waals surface area contributed by atoms with Gasteiger partial charge in [0.1, 0.15) is 12.4 Å². The maximum Gasteiger partial charge on any atom is 0.307 e. The third-order valence-electron chi connectivity index (χ3n) is 2.82. The maximum absolute atomic E-state index is 10.8. The summed E-state index contributed by atoms with van der Waals surface area (Å²) < 4.78 is 6.34. The Balaban J connectivity index is 2.17. The summed E-state index contributed by atoms with van der Waals surface area (Å²) in [7, 11) is 0. The van der Waals surface area contributed by atoms with Gasteiger partial charge in [0.05, 0.1) is 16.5 Å². The first-order valence-electron chi connectivity index (χ1n) is 6.03. The molecule has 2 aromatic carbocycles. The lowest BCUT2D eigenvalue weighted by Crippen LogP contribution is -2.06. The van der Waals surface area contributed by atoms with Gasteiger partial charge >= 0.3 is 5.97 Å².